The molecule has 1 aromatic rings. The zero-order valence-corrected chi connectivity index (χ0v) is 9.74. The Morgan fingerprint density at radius 2 is 2.07 bits per heavy atom. The van der Waals surface area contributed by atoms with Gasteiger partial charge in [0, 0.05) is 6.54 Å². The first-order valence-electron chi connectivity index (χ1n) is 4.53. The average Bonchev–Trinajstić information content (AvgIpc) is 2.21. The first kappa shape index (κ1) is 11.6. The summed E-state index contributed by atoms with van der Waals surface area (Å²) in [6.07, 6.45) is 7.68. The predicted octanol–water partition coefficient (Wildman–Crippen LogP) is 2.69. The molecule has 5 heteroatoms. The molecule has 1 rings (SSSR count). The lowest BCUT2D eigenvalue weighted by Gasteiger charge is -2.03. The number of unbranched alkanes of at least 4 members (excludes halogenated alkanes) is 1. The fourth-order valence-corrected chi connectivity index (χ4v) is 1.57. The van der Waals surface area contributed by atoms with Crippen molar-refractivity contribution in [2.24, 2.45) is 0 Å². The molecular formula is C9H14ClN3S. The van der Waals surface area contributed by atoms with Gasteiger partial charge in [-0.25, -0.2) is 9.97 Å². The van der Waals surface area contributed by atoms with Gasteiger partial charge in [-0.05, 0) is 24.9 Å². The molecule has 0 aromatic carbocycles. The van der Waals surface area contributed by atoms with Crippen molar-refractivity contribution in [3.8, 4) is 0 Å². The smallest absolute Gasteiger partial charge is 0.222 e. The van der Waals surface area contributed by atoms with Crippen LogP contribution in [0, 0.1) is 0 Å². The Morgan fingerprint density at radius 3 is 2.71 bits per heavy atom. The summed E-state index contributed by atoms with van der Waals surface area (Å²) in [4.78, 5) is 8.07. The maximum atomic E-state index is 5.66. The molecule has 0 saturated carbocycles. The number of anilines is 1. The Hall–Kier alpha value is -0.480. The molecule has 0 saturated heterocycles. The van der Waals surface area contributed by atoms with E-state index in [0.29, 0.717) is 11.0 Å². The van der Waals surface area contributed by atoms with Gasteiger partial charge in [0.25, 0.3) is 0 Å². The van der Waals surface area contributed by atoms with E-state index in [4.69, 9.17) is 11.6 Å². The van der Waals surface area contributed by atoms with Gasteiger partial charge in [0.15, 0.2) is 0 Å². The Morgan fingerprint density at radius 1 is 1.36 bits per heavy atom. The molecule has 0 bridgehead atoms. The first-order valence-corrected chi connectivity index (χ1v) is 6.30. The number of halogens is 1. The highest BCUT2D eigenvalue weighted by Crippen LogP contribution is 2.06. The monoisotopic (exact) mass is 231 g/mol. The van der Waals surface area contributed by atoms with E-state index in [0.717, 1.165) is 13.0 Å². The van der Waals surface area contributed by atoms with Gasteiger partial charge in [-0.15, -0.1) is 0 Å². The van der Waals surface area contributed by atoms with Crippen LogP contribution in [0.5, 0.6) is 0 Å². The molecule has 0 spiro atoms. The number of nitrogens with one attached hydrogen (secondary N) is 1. The second kappa shape index (κ2) is 6.90. The summed E-state index contributed by atoms with van der Waals surface area (Å²) in [6.45, 7) is 0.919. The summed E-state index contributed by atoms with van der Waals surface area (Å²) in [5.41, 5.74) is 0. The van der Waals surface area contributed by atoms with Crippen molar-refractivity contribution in [2.45, 2.75) is 12.8 Å². The van der Waals surface area contributed by atoms with Gasteiger partial charge in [-0.1, -0.05) is 11.6 Å². The summed E-state index contributed by atoms with van der Waals surface area (Å²) >= 11 is 7.53. The number of thioether (sulfide) groups is 1. The molecule has 0 aliphatic heterocycles. The number of aromatic nitrogens is 2. The van der Waals surface area contributed by atoms with E-state index in [-0.39, 0.29) is 0 Å². The van der Waals surface area contributed by atoms with Gasteiger partial charge in [0.2, 0.25) is 5.95 Å². The van der Waals surface area contributed by atoms with Crippen molar-refractivity contribution < 1.29 is 0 Å². The SMILES string of the molecule is CSCCCCNc1ncc(Cl)cn1. The molecule has 0 aliphatic rings. The number of hydrogen-bond donors (Lipinski definition) is 1. The minimum Gasteiger partial charge on any atom is -0.354 e. The third kappa shape index (κ3) is 4.67. The zero-order valence-electron chi connectivity index (χ0n) is 8.16. The Bertz CT molecular complexity index is 253. The average molecular weight is 232 g/mol. The van der Waals surface area contributed by atoms with Gasteiger partial charge in [-0.2, -0.15) is 11.8 Å². The lowest BCUT2D eigenvalue weighted by molar-refractivity contribution is 0.834. The third-order valence-electron chi connectivity index (χ3n) is 1.68. The van der Waals surface area contributed by atoms with Crippen molar-refractivity contribution in [1.82, 2.24) is 9.97 Å². The molecule has 0 amide bonds. The molecule has 3 nitrogen and oxygen atoms in total. The Kier molecular flexibility index (Phi) is 5.71. The van der Waals surface area contributed by atoms with Crippen LogP contribution in [0.15, 0.2) is 12.4 Å². The number of hydrogen-bond acceptors (Lipinski definition) is 4. The van der Waals surface area contributed by atoms with E-state index < -0.39 is 0 Å². The molecular weight excluding hydrogens is 218 g/mol. The first-order chi connectivity index (χ1) is 6.83. The van der Waals surface area contributed by atoms with Crippen molar-refractivity contribution in [3.63, 3.8) is 0 Å². The Labute approximate surface area is 93.7 Å². The van der Waals surface area contributed by atoms with Gasteiger partial charge in [-0.3, -0.25) is 0 Å². The van der Waals surface area contributed by atoms with E-state index in [9.17, 15) is 0 Å². The maximum Gasteiger partial charge on any atom is 0.222 e. The minimum absolute atomic E-state index is 0.568. The quantitative estimate of drug-likeness (QED) is 0.764. The molecule has 0 atom stereocenters. The summed E-state index contributed by atoms with van der Waals surface area (Å²) in [5.74, 6) is 1.86. The van der Waals surface area contributed by atoms with Crippen molar-refractivity contribution >= 4 is 29.3 Å². The minimum atomic E-state index is 0.568. The van der Waals surface area contributed by atoms with Crippen LogP contribution in [-0.2, 0) is 0 Å². The van der Waals surface area contributed by atoms with Gasteiger partial charge in [0.1, 0.15) is 0 Å². The predicted molar refractivity (Wildman–Crippen MR) is 63.1 cm³/mol. The molecule has 0 radical (unpaired) electrons. The van der Waals surface area contributed by atoms with Crippen LogP contribution in [-0.4, -0.2) is 28.5 Å². The van der Waals surface area contributed by atoms with Crippen molar-refractivity contribution in [1.29, 1.82) is 0 Å². The highest BCUT2D eigenvalue weighted by molar-refractivity contribution is 7.98. The molecule has 0 fully saturated rings. The number of rotatable bonds is 6. The van der Waals surface area contributed by atoms with Crippen LogP contribution in [0.2, 0.25) is 5.02 Å². The normalized spacial score (nSPS) is 10.1. The fourth-order valence-electron chi connectivity index (χ4n) is 0.975. The van der Waals surface area contributed by atoms with E-state index in [1.165, 1.54) is 12.2 Å². The highest BCUT2D eigenvalue weighted by Gasteiger charge is 1.94. The molecule has 1 heterocycles. The van der Waals surface area contributed by atoms with E-state index >= 15 is 0 Å². The van der Waals surface area contributed by atoms with Crippen molar-refractivity contribution in [3.05, 3.63) is 17.4 Å². The summed E-state index contributed by atoms with van der Waals surface area (Å²) in [5, 5.41) is 3.71. The van der Waals surface area contributed by atoms with Crippen LogP contribution in [0.1, 0.15) is 12.8 Å². The van der Waals surface area contributed by atoms with Gasteiger partial charge < -0.3 is 5.32 Å². The number of nitrogens with zero attached hydrogens (tertiary/aromatic N) is 2. The van der Waals surface area contributed by atoms with Crippen LogP contribution >= 0.6 is 23.4 Å². The van der Waals surface area contributed by atoms with Gasteiger partial charge in [0.05, 0.1) is 17.4 Å². The molecule has 0 unspecified atom stereocenters. The third-order valence-corrected chi connectivity index (χ3v) is 2.57. The maximum absolute atomic E-state index is 5.66. The summed E-state index contributed by atoms with van der Waals surface area (Å²) in [6, 6.07) is 0. The zero-order chi connectivity index (χ0) is 10.2. The fraction of sp³-hybridized carbons (Fsp3) is 0.556. The summed E-state index contributed by atoms with van der Waals surface area (Å²) < 4.78 is 0. The van der Waals surface area contributed by atoms with Crippen LogP contribution in [0.4, 0.5) is 5.95 Å². The molecule has 14 heavy (non-hydrogen) atoms. The molecule has 1 aromatic heterocycles. The molecule has 0 aliphatic carbocycles. The van der Waals surface area contributed by atoms with E-state index in [1.54, 1.807) is 12.4 Å². The van der Waals surface area contributed by atoms with Crippen LogP contribution < -0.4 is 5.32 Å². The molecule has 1 N–H and O–H groups in total. The molecule has 78 valence electrons. The Balaban J connectivity index is 2.15. The van der Waals surface area contributed by atoms with E-state index in [1.807, 2.05) is 11.8 Å². The second-order valence-electron chi connectivity index (χ2n) is 2.85. The van der Waals surface area contributed by atoms with Gasteiger partial charge >= 0.3 is 0 Å². The van der Waals surface area contributed by atoms with Crippen molar-refractivity contribution in [2.75, 3.05) is 23.9 Å². The standard InChI is InChI=1S/C9H14ClN3S/c1-14-5-3-2-4-11-9-12-6-8(10)7-13-9/h6-7H,2-5H2,1H3,(H,11,12,13). The lowest BCUT2D eigenvalue weighted by atomic mass is 10.3. The lowest BCUT2D eigenvalue weighted by Crippen LogP contribution is -2.05. The van der Waals surface area contributed by atoms with E-state index in [2.05, 4.69) is 21.5 Å². The topological polar surface area (TPSA) is 37.8 Å². The second-order valence-corrected chi connectivity index (χ2v) is 4.27. The largest absolute Gasteiger partial charge is 0.354 e. The van der Waals surface area contributed by atoms with Crippen LogP contribution in [0.25, 0.3) is 0 Å². The highest BCUT2D eigenvalue weighted by atomic mass is 35.5. The summed E-state index contributed by atoms with van der Waals surface area (Å²) in [7, 11) is 0. The van der Waals surface area contributed by atoms with Crippen LogP contribution in [0.3, 0.4) is 0 Å².